The molecule has 2 heteroatoms. The maximum absolute atomic E-state index is 10.3. The fourth-order valence-electron chi connectivity index (χ4n) is 2.17. The number of hydrogen-bond acceptors (Lipinski definition) is 1. The fraction of sp³-hybridized carbons (Fsp3) is 0.722. The van der Waals surface area contributed by atoms with Gasteiger partial charge in [0.15, 0.2) is 0 Å². The lowest BCUT2D eigenvalue weighted by atomic mass is 10.1. The van der Waals surface area contributed by atoms with Gasteiger partial charge in [-0.15, -0.1) is 0 Å². The highest BCUT2D eigenvalue weighted by Gasteiger charge is 1.91. The molecule has 0 rings (SSSR count). The molecule has 0 bridgehead atoms. The van der Waals surface area contributed by atoms with Crippen molar-refractivity contribution in [1.82, 2.24) is 0 Å². The van der Waals surface area contributed by atoms with Gasteiger partial charge in [0.05, 0.1) is 6.42 Å². The lowest BCUT2D eigenvalue weighted by molar-refractivity contribution is -0.136. The van der Waals surface area contributed by atoms with E-state index in [1.54, 1.807) is 6.08 Å². The first-order valence-corrected chi connectivity index (χ1v) is 8.30. The number of carboxylic acid groups (broad SMARTS) is 1. The van der Waals surface area contributed by atoms with E-state index in [-0.39, 0.29) is 6.42 Å². The second-order valence-electron chi connectivity index (χ2n) is 5.42. The summed E-state index contributed by atoms with van der Waals surface area (Å²) >= 11 is 0. The van der Waals surface area contributed by atoms with E-state index in [0.717, 1.165) is 6.42 Å². The molecule has 0 unspecified atom stereocenters. The number of allylic oxidation sites excluding steroid dienone is 3. The third-order valence-electron chi connectivity index (χ3n) is 3.40. The van der Waals surface area contributed by atoms with E-state index >= 15 is 0 Å². The standard InChI is InChI=1S/C18H32O2/c1-2-3-4-5-6-7-8-9-10-11-12-13-14-15-16-17-18(19)20/h13-16H,2-12,17H2,1H3,(H,19,20)/b14-13-,16-15+. The molecule has 0 heterocycles. The van der Waals surface area contributed by atoms with Crippen LogP contribution in [0.5, 0.6) is 0 Å². The van der Waals surface area contributed by atoms with E-state index in [1.807, 2.05) is 12.2 Å². The zero-order chi connectivity index (χ0) is 14.9. The Morgan fingerprint density at radius 2 is 1.30 bits per heavy atom. The minimum atomic E-state index is -0.774. The van der Waals surface area contributed by atoms with Gasteiger partial charge in [-0.1, -0.05) is 89.0 Å². The molecule has 0 aliphatic heterocycles. The molecule has 0 amide bonds. The summed E-state index contributed by atoms with van der Waals surface area (Å²) in [5, 5.41) is 8.44. The third-order valence-corrected chi connectivity index (χ3v) is 3.40. The van der Waals surface area contributed by atoms with Gasteiger partial charge >= 0.3 is 5.97 Å². The van der Waals surface area contributed by atoms with E-state index < -0.39 is 5.97 Å². The van der Waals surface area contributed by atoms with Gasteiger partial charge in [0.25, 0.3) is 0 Å². The SMILES string of the molecule is CCCCCCCCCCCC/C=C\C=C\CC(=O)O. The monoisotopic (exact) mass is 280 g/mol. The van der Waals surface area contributed by atoms with Crippen molar-refractivity contribution in [3.8, 4) is 0 Å². The summed E-state index contributed by atoms with van der Waals surface area (Å²) < 4.78 is 0. The van der Waals surface area contributed by atoms with Gasteiger partial charge < -0.3 is 5.11 Å². The van der Waals surface area contributed by atoms with Gasteiger partial charge in [0, 0.05) is 0 Å². The van der Waals surface area contributed by atoms with E-state index in [0.29, 0.717) is 0 Å². The molecule has 0 radical (unpaired) electrons. The van der Waals surface area contributed by atoms with Crippen molar-refractivity contribution >= 4 is 5.97 Å². The Balaban J connectivity index is 3.14. The Kier molecular flexibility index (Phi) is 15.2. The summed E-state index contributed by atoms with van der Waals surface area (Å²) in [6.07, 6.45) is 22.5. The molecule has 0 atom stereocenters. The Hall–Kier alpha value is -1.05. The van der Waals surface area contributed by atoms with Crippen molar-refractivity contribution < 1.29 is 9.90 Å². The van der Waals surface area contributed by atoms with Crippen LogP contribution in [0.4, 0.5) is 0 Å². The lowest BCUT2D eigenvalue weighted by Gasteiger charge is -2.01. The largest absolute Gasteiger partial charge is 0.481 e. The third kappa shape index (κ3) is 16.9. The first-order valence-electron chi connectivity index (χ1n) is 8.30. The van der Waals surface area contributed by atoms with Crippen LogP contribution in [0.1, 0.15) is 84.0 Å². The lowest BCUT2D eigenvalue weighted by Crippen LogP contribution is -1.89. The molecule has 0 aliphatic carbocycles. The quantitative estimate of drug-likeness (QED) is 0.318. The maximum atomic E-state index is 10.3. The molecule has 0 saturated carbocycles. The zero-order valence-corrected chi connectivity index (χ0v) is 13.2. The highest BCUT2D eigenvalue weighted by Crippen LogP contribution is 2.11. The van der Waals surface area contributed by atoms with Gasteiger partial charge in [-0.25, -0.2) is 0 Å². The summed E-state index contributed by atoms with van der Waals surface area (Å²) in [7, 11) is 0. The molecule has 0 aliphatic rings. The number of unbranched alkanes of at least 4 members (excludes halogenated alkanes) is 10. The molecular weight excluding hydrogens is 248 g/mol. The maximum Gasteiger partial charge on any atom is 0.307 e. The normalized spacial score (nSPS) is 11.7. The average molecular weight is 280 g/mol. The predicted molar refractivity (Wildman–Crippen MR) is 87.0 cm³/mol. The smallest absolute Gasteiger partial charge is 0.307 e. The molecule has 0 spiro atoms. The van der Waals surface area contributed by atoms with Gasteiger partial charge in [-0.2, -0.15) is 0 Å². The van der Waals surface area contributed by atoms with Crippen molar-refractivity contribution in [2.24, 2.45) is 0 Å². The molecular formula is C18H32O2. The summed E-state index contributed by atoms with van der Waals surface area (Å²) in [4.78, 5) is 10.3. The van der Waals surface area contributed by atoms with Crippen LogP contribution in [0.3, 0.4) is 0 Å². The Morgan fingerprint density at radius 3 is 1.85 bits per heavy atom. The van der Waals surface area contributed by atoms with Crippen molar-refractivity contribution in [2.75, 3.05) is 0 Å². The van der Waals surface area contributed by atoms with E-state index in [9.17, 15) is 4.79 Å². The summed E-state index contributed by atoms with van der Waals surface area (Å²) in [5.74, 6) is -0.774. The van der Waals surface area contributed by atoms with Gasteiger partial charge in [-0.3, -0.25) is 4.79 Å². The molecule has 0 aromatic rings. The number of rotatable bonds is 14. The zero-order valence-electron chi connectivity index (χ0n) is 13.2. The van der Waals surface area contributed by atoms with Crippen LogP contribution in [0.25, 0.3) is 0 Å². The van der Waals surface area contributed by atoms with Crippen LogP contribution in [0, 0.1) is 0 Å². The van der Waals surface area contributed by atoms with E-state index in [4.69, 9.17) is 5.11 Å². The molecule has 2 nitrogen and oxygen atoms in total. The van der Waals surface area contributed by atoms with Crippen LogP contribution < -0.4 is 0 Å². The Labute approximate surface area is 125 Å². The minimum Gasteiger partial charge on any atom is -0.481 e. The van der Waals surface area contributed by atoms with Gasteiger partial charge in [0.2, 0.25) is 0 Å². The molecule has 20 heavy (non-hydrogen) atoms. The van der Waals surface area contributed by atoms with Gasteiger partial charge in [0.1, 0.15) is 0 Å². The second-order valence-corrected chi connectivity index (χ2v) is 5.42. The molecule has 0 aromatic heterocycles. The van der Waals surface area contributed by atoms with Crippen LogP contribution in [0.15, 0.2) is 24.3 Å². The van der Waals surface area contributed by atoms with Crippen molar-refractivity contribution in [3.63, 3.8) is 0 Å². The van der Waals surface area contributed by atoms with E-state index in [1.165, 1.54) is 64.2 Å². The molecule has 116 valence electrons. The molecule has 0 fully saturated rings. The minimum absolute atomic E-state index is 0.114. The highest BCUT2D eigenvalue weighted by molar-refractivity contribution is 5.68. The number of carboxylic acids is 1. The van der Waals surface area contributed by atoms with Gasteiger partial charge in [-0.05, 0) is 12.8 Å². The molecule has 0 aromatic carbocycles. The summed E-state index contributed by atoms with van der Waals surface area (Å²) in [5.41, 5.74) is 0. The van der Waals surface area contributed by atoms with Crippen molar-refractivity contribution in [3.05, 3.63) is 24.3 Å². The summed E-state index contributed by atoms with van der Waals surface area (Å²) in [6.45, 7) is 2.26. The predicted octanol–water partition coefficient (Wildman–Crippen LogP) is 5.88. The fourth-order valence-corrected chi connectivity index (χ4v) is 2.17. The van der Waals surface area contributed by atoms with Crippen molar-refractivity contribution in [2.45, 2.75) is 84.0 Å². The Morgan fingerprint density at radius 1 is 0.800 bits per heavy atom. The first kappa shape index (κ1) is 18.9. The average Bonchev–Trinajstić information content (AvgIpc) is 2.43. The number of hydrogen-bond donors (Lipinski definition) is 1. The topological polar surface area (TPSA) is 37.3 Å². The Bertz CT molecular complexity index is 267. The van der Waals surface area contributed by atoms with Crippen molar-refractivity contribution in [1.29, 1.82) is 0 Å². The van der Waals surface area contributed by atoms with Crippen LogP contribution >= 0.6 is 0 Å². The molecule has 1 N–H and O–H groups in total. The number of aliphatic carboxylic acids is 1. The highest BCUT2D eigenvalue weighted by atomic mass is 16.4. The van der Waals surface area contributed by atoms with E-state index in [2.05, 4.69) is 13.0 Å². The van der Waals surface area contributed by atoms with Crippen LogP contribution in [-0.2, 0) is 4.79 Å². The number of carbonyl (C=O) groups is 1. The first-order chi connectivity index (χ1) is 9.77. The van der Waals surface area contributed by atoms with Crippen LogP contribution in [-0.4, -0.2) is 11.1 Å². The second kappa shape index (κ2) is 16.0. The molecule has 0 saturated heterocycles. The summed E-state index contributed by atoms with van der Waals surface area (Å²) in [6, 6.07) is 0. The van der Waals surface area contributed by atoms with Crippen LogP contribution in [0.2, 0.25) is 0 Å².